The largest absolute Gasteiger partial charge is 0.488 e. The zero-order chi connectivity index (χ0) is 13.7. The molecular formula is C10H28O4Si3. The third kappa shape index (κ3) is 8.25. The molecule has 0 saturated heterocycles. The summed E-state index contributed by atoms with van der Waals surface area (Å²) in [5, 5.41) is 0. The van der Waals surface area contributed by atoms with E-state index >= 15 is 0 Å². The van der Waals surface area contributed by atoms with E-state index in [1.165, 1.54) is 0 Å². The highest BCUT2D eigenvalue weighted by Gasteiger charge is 2.44. The highest BCUT2D eigenvalue weighted by Crippen LogP contribution is 2.21. The van der Waals surface area contributed by atoms with Crippen molar-refractivity contribution in [2.24, 2.45) is 0 Å². The van der Waals surface area contributed by atoms with E-state index < -0.39 is 25.7 Å². The molecule has 0 fully saturated rings. The molecule has 0 aromatic rings. The van der Waals surface area contributed by atoms with Crippen molar-refractivity contribution in [1.29, 1.82) is 0 Å². The van der Waals surface area contributed by atoms with Crippen molar-refractivity contribution in [1.82, 2.24) is 0 Å². The number of hydrogen-bond donors (Lipinski definition) is 0. The summed E-state index contributed by atoms with van der Waals surface area (Å²) >= 11 is 0. The molecule has 0 aliphatic heterocycles. The molecule has 0 N–H and O–H groups in total. The average molecular weight is 297 g/mol. The topological polar surface area (TPSA) is 36.9 Å². The molecule has 0 aromatic heterocycles. The van der Waals surface area contributed by atoms with E-state index in [0.717, 1.165) is 0 Å². The van der Waals surface area contributed by atoms with Crippen molar-refractivity contribution in [3.05, 3.63) is 0 Å². The molecule has 0 heterocycles. The zero-order valence-corrected chi connectivity index (χ0v) is 15.5. The monoisotopic (exact) mass is 296 g/mol. The van der Waals surface area contributed by atoms with Gasteiger partial charge in [-0.25, -0.2) is 0 Å². The lowest BCUT2D eigenvalue weighted by molar-refractivity contribution is 0.113. The van der Waals surface area contributed by atoms with Crippen LogP contribution < -0.4 is 0 Å². The van der Waals surface area contributed by atoms with Gasteiger partial charge in [-0.1, -0.05) is 0 Å². The molecule has 0 atom stereocenters. The van der Waals surface area contributed by atoms with Crippen LogP contribution in [-0.2, 0) is 17.1 Å². The average Bonchev–Trinajstić information content (AvgIpc) is 1.96. The molecular weight excluding hydrogens is 268 g/mol. The van der Waals surface area contributed by atoms with Crippen LogP contribution in [0.4, 0.5) is 0 Å². The van der Waals surface area contributed by atoms with E-state index in [2.05, 4.69) is 32.7 Å². The molecule has 17 heavy (non-hydrogen) atoms. The quantitative estimate of drug-likeness (QED) is 0.645. The fourth-order valence-electron chi connectivity index (χ4n) is 1.83. The smallest absolute Gasteiger partial charge is 0.437 e. The Kier molecular flexibility index (Phi) is 6.79. The van der Waals surface area contributed by atoms with Gasteiger partial charge in [0.05, 0.1) is 0 Å². The molecule has 0 spiro atoms. The van der Waals surface area contributed by atoms with E-state index in [4.69, 9.17) is 17.1 Å². The first-order valence-corrected chi connectivity index (χ1v) is 14.7. The van der Waals surface area contributed by atoms with Crippen molar-refractivity contribution >= 4 is 25.7 Å². The van der Waals surface area contributed by atoms with Gasteiger partial charge in [-0.15, -0.1) is 0 Å². The maximum atomic E-state index is 6.14. The summed E-state index contributed by atoms with van der Waals surface area (Å²) in [6.07, 6.45) is 0. The second-order valence-corrected chi connectivity index (χ2v) is 16.4. The summed E-state index contributed by atoms with van der Waals surface area (Å²) in [5.74, 6) is 0. The lowest BCUT2D eigenvalue weighted by Gasteiger charge is -2.37. The Labute approximate surface area is 109 Å². The maximum Gasteiger partial charge on any atom is 0.488 e. The third-order valence-corrected chi connectivity index (χ3v) is 11.3. The van der Waals surface area contributed by atoms with Crippen LogP contribution in [-0.4, -0.2) is 38.9 Å². The first kappa shape index (κ1) is 17.5. The predicted octanol–water partition coefficient (Wildman–Crippen LogP) is 3.20. The highest BCUT2D eigenvalue weighted by atomic mass is 28.5. The van der Waals surface area contributed by atoms with Crippen LogP contribution in [0.15, 0.2) is 0 Å². The van der Waals surface area contributed by atoms with E-state index in [1.54, 1.807) is 0 Å². The molecule has 7 heteroatoms. The lowest BCUT2D eigenvalue weighted by atomic mass is 10.9. The molecule has 0 unspecified atom stereocenters. The van der Waals surface area contributed by atoms with Crippen molar-refractivity contribution in [3.63, 3.8) is 0 Å². The Bertz CT molecular complexity index is 222. The molecule has 0 saturated carbocycles. The van der Waals surface area contributed by atoms with Gasteiger partial charge >= 0.3 is 17.4 Å². The second-order valence-electron chi connectivity index (χ2n) is 5.44. The van der Waals surface area contributed by atoms with Gasteiger partial charge in [0, 0.05) is 19.8 Å². The van der Waals surface area contributed by atoms with Gasteiger partial charge in [-0.3, -0.25) is 0 Å². The van der Waals surface area contributed by atoms with E-state index in [0.29, 0.717) is 13.2 Å². The summed E-state index contributed by atoms with van der Waals surface area (Å²) in [4.78, 5) is 0. The lowest BCUT2D eigenvalue weighted by Crippen LogP contribution is -2.55. The first-order valence-electron chi connectivity index (χ1n) is 6.22. The Balaban J connectivity index is 4.62. The molecule has 4 nitrogen and oxygen atoms in total. The fraction of sp³-hybridized carbons (Fsp3) is 1.00. The summed E-state index contributed by atoms with van der Waals surface area (Å²) in [5.41, 5.74) is 0. The van der Waals surface area contributed by atoms with Crippen LogP contribution in [0.3, 0.4) is 0 Å². The Hall–Kier alpha value is 0.491. The normalized spacial score (nSPS) is 14.1. The number of hydrogen-bond acceptors (Lipinski definition) is 4. The second kappa shape index (κ2) is 6.60. The number of rotatable bonds is 8. The van der Waals surface area contributed by atoms with E-state index in [-0.39, 0.29) is 0 Å². The van der Waals surface area contributed by atoms with Gasteiger partial charge in [0.2, 0.25) is 0 Å². The molecule has 0 amide bonds. The summed E-state index contributed by atoms with van der Waals surface area (Å²) in [6, 6.07) is 0. The molecule has 0 radical (unpaired) electrons. The van der Waals surface area contributed by atoms with E-state index in [9.17, 15) is 0 Å². The minimum Gasteiger partial charge on any atom is -0.437 e. The van der Waals surface area contributed by atoms with Gasteiger partial charge in [0.15, 0.2) is 8.32 Å². The minimum atomic E-state index is -2.53. The molecule has 0 aliphatic rings. The van der Waals surface area contributed by atoms with Crippen LogP contribution in [0.25, 0.3) is 0 Å². The Morgan fingerprint density at radius 3 is 1.41 bits per heavy atom. The van der Waals surface area contributed by atoms with Crippen LogP contribution in [0.5, 0.6) is 0 Å². The third-order valence-electron chi connectivity index (χ3n) is 1.80. The summed E-state index contributed by atoms with van der Waals surface area (Å²) < 4.78 is 23.6. The molecule has 0 aliphatic carbocycles. The van der Waals surface area contributed by atoms with Crippen molar-refractivity contribution in [3.8, 4) is 0 Å². The van der Waals surface area contributed by atoms with Gasteiger partial charge < -0.3 is 17.1 Å². The van der Waals surface area contributed by atoms with Gasteiger partial charge in [-0.2, -0.15) is 0 Å². The Morgan fingerprint density at radius 2 is 1.12 bits per heavy atom. The van der Waals surface area contributed by atoms with Crippen LogP contribution in [0.2, 0.25) is 39.3 Å². The van der Waals surface area contributed by atoms with Gasteiger partial charge in [0.1, 0.15) is 0 Å². The van der Waals surface area contributed by atoms with E-state index in [1.807, 2.05) is 20.4 Å². The maximum absolute atomic E-state index is 6.14. The van der Waals surface area contributed by atoms with Crippen molar-refractivity contribution in [2.45, 2.75) is 53.1 Å². The van der Waals surface area contributed by atoms with Crippen molar-refractivity contribution < 1.29 is 17.1 Å². The van der Waals surface area contributed by atoms with Crippen molar-refractivity contribution in [2.75, 3.05) is 13.2 Å². The minimum absolute atomic E-state index is 0.611. The SMILES string of the molecule is CCO[Si](C)(OCC)O[Si](C)(C)O[Si](C)(C)C. The van der Waals surface area contributed by atoms with Gasteiger partial charge in [-0.05, 0) is 46.6 Å². The Morgan fingerprint density at radius 1 is 0.706 bits per heavy atom. The molecule has 0 aromatic carbocycles. The predicted molar refractivity (Wildman–Crippen MR) is 77.9 cm³/mol. The van der Waals surface area contributed by atoms with Gasteiger partial charge in [0.25, 0.3) is 0 Å². The van der Waals surface area contributed by atoms with Crippen LogP contribution in [0.1, 0.15) is 13.8 Å². The fourth-order valence-corrected chi connectivity index (χ4v) is 13.4. The first-order chi connectivity index (χ1) is 7.54. The summed E-state index contributed by atoms with van der Waals surface area (Å²) in [6.45, 7) is 17.7. The highest BCUT2D eigenvalue weighted by molar-refractivity contribution is 6.85. The molecule has 0 bridgehead atoms. The standard InChI is InChI=1S/C10H28O4Si3/c1-9-11-17(8,12-10-2)14-16(6,7)13-15(3,4)5/h9-10H2,1-8H3. The van der Waals surface area contributed by atoms with Crippen LogP contribution in [0, 0.1) is 0 Å². The molecule has 104 valence electrons. The van der Waals surface area contributed by atoms with Crippen LogP contribution >= 0.6 is 0 Å². The molecule has 0 rings (SSSR count). The summed E-state index contributed by atoms with van der Waals surface area (Å²) in [7, 11) is -6.29. The zero-order valence-electron chi connectivity index (χ0n) is 12.5.